The summed E-state index contributed by atoms with van der Waals surface area (Å²) in [5.74, 6) is -1.80. The van der Waals surface area contributed by atoms with E-state index in [1.807, 2.05) is 0 Å². The molecule has 0 aliphatic carbocycles. The maximum Gasteiger partial charge on any atom is 0.399 e. The van der Waals surface area contributed by atoms with Gasteiger partial charge in [0.05, 0.1) is 18.5 Å². The van der Waals surface area contributed by atoms with E-state index in [2.05, 4.69) is 11.2 Å². The third kappa shape index (κ3) is 4.41. The van der Waals surface area contributed by atoms with Gasteiger partial charge in [0.25, 0.3) is 6.33 Å². The largest absolute Gasteiger partial charge is 0.399 e. The Morgan fingerprint density at radius 3 is 2.64 bits per heavy atom. The smallest absolute Gasteiger partial charge is 0.240 e. The van der Waals surface area contributed by atoms with Crippen molar-refractivity contribution in [1.29, 1.82) is 5.26 Å². The third-order valence-corrected chi connectivity index (χ3v) is 4.31. The summed E-state index contributed by atoms with van der Waals surface area (Å²) in [5.41, 5.74) is 1.38. The van der Waals surface area contributed by atoms with Crippen LogP contribution in [-0.2, 0) is 7.05 Å². The maximum atomic E-state index is 13.5. The maximum absolute atomic E-state index is 13.5. The predicted molar refractivity (Wildman–Crippen MR) is 98.7 cm³/mol. The fourth-order valence-corrected chi connectivity index (χ4v) is 2.96. The molecule has 1 unspecified atom stereocenters. The standard InChI is InChI=1S/C20H15ClF3N4/c1-27-12-26-28(13-27)19-8-6-14(9-16(19)11-25)5-7-18(20(22,23)24)15-3-2-4-17(21)10-15/h2-10,12-13,18H,1H3/q+1. The topological polar surface area (TPSA) is 45.5 Å². The summed E-state index contributed by atoms with van der Waals surface area (Å²) in [4.78, 5) is 0. The predicted octanol–water partition coefficient (Wildman–Crippen LogP) is 4.58. The molecule has 28 heavy (non-hydrogen) atoms. The Morgan fingerprint density at radius 1 is 1.25 bits per heavy atom. The molecule has 3 aromatic rings. The Bertz CT molecular complexity index is 1060. The lowest BCUT2D eigenvalue weighted by Gasteiger charge is -2.17. The van der Waals surface area contributed by atoms with Crippen molar-refractivity contribution >= 4 is 17.7 Å². The summed E-state index contributed by atoms with van der Waals surface area (Å²) in [6.45, 7) is 0. The first kappa shape index (κ1) is 19.6. The van der Waals surface area contributed by atoms with Gasteiger partial charge in [-0.3, -0.25) is 0 Å². The molecule has 0 fully saturated rings. The van der Waals surface area contributed by atoms with Crippen molar-refractivity contribution in [1.82, 2.24) is 9.78 Å². The summed E-state index contributed by atoms with van der Waals surface area (Å²) >= 11 is 5.84. The van der Waals surface area contributed by atoms with E-state index in [1.165, 1.54) is 41.1 Å². The van der Waals surface area contributed by atoms with Crippen molar-refractivity contribution in [3.05, 3.63) is 82.9 Å². The summed E-state index contributed by atoms with van der Waals surface area (Å²) in [6.07, 6.45) is 1.21. The molecule has 0 amide bonds. The third-order valence-electron chi connectivity index (χ3n) is 4.08. The van der Waals surface area contributed by atoms with E-state index in [0.29, 0.717) is 16.8 Å². The van der Waals surface area contributed by atoms with Gasteiger partial charge < -0.3 is 0 Å². The Kier molecular flexibility index (Phi) is 5.52. The first-order valence-corrected chi connectivity index (χ1v) is 8.60. The van der Waals surface area contributed by atoms with Crippen LogP contribution in [0.1, 0.15) is 22.6 Å². The highest BCUT2D eigenvalue weighted by molar-refractivity contribution is 6.30. The van der Waals surface area contributed by atoms with Crippen LogP contribution in [0.15, 0.2) is 61.2 Å². The van der Waals surface area contributed by atoms with Crippen LogP contribution < -0.4 is 4.57 Å². The number of aromatic nitrogens is 3. The first-order valence-electron chi connectivity index (χ1n) is 8.23. The van der Waals surface area contributed by atoms with Crippen molar-refractivity contribution in [3.63, 3.8) is 0 Å². The molecule has 142 valence electrons. The minimum absolute atomic E-state index is 0.0532. The van der Waals surface area contributed by atoms with Gasteiger partial charge >= 0.3 is 6.18 Å². The fraction of sp³-hybridized carbons (Fsp3) is 0.150. The van der Waals surface area contributed by atoms with Crippen molar-refractivity contribution in [2.45, 2.75) is 12.1 Å². The zero-order chi connectivity index (χ0) is 20.3. The summed E-state index contributed by atoms with van der Waals surface area (Å²) < 4.78 is 43.8. The molecule has 2 aromatic carbocycles. The highest BCUT2D eigenvalue weighted by Crippen LogP contribution is 2.37. The molecular formula is C20H15ClF3N4+. The van der Waals surface area contributed by atoms with Gasteiger partial charge in [0.1, 0.15) is 6.07 Å². The molecule has 4 nitrogen and oxygen atoms in total. The van der Waals surface area contributed by atoms with Gasteiger partial charge in [-0.1, -0.05) is 46.6 Å². The molecule has 0 saturated heterocycles. The molecular weight excluding hydrogens is 389 g/mol. The normalized spacial score (nSPS) is 12.9. The summed E-state index contributed by atoms with van der Waals surface area (Å²) in [6, 6.07) is 12.6. The SMILES string of the molecule is C[n+]1cnn(-c2ccc(C=CC(c3cccc(Cl)c3)C(F)(F)F)cc2C#N)c1. The van der Waals surface area contributed by atoms with Crippen LogP contribution in [0.2, 0.25) is 5.02 Å². The van der Waals surface area contributed by atoms with E-state index in [1.54, 1.807) is 36.4 Å². The monoisotopic (exact) mass is 403 g/mol. The van der Waals surface area contributed by atoms with Crippen molar-refractivity contribution in [3.8, 4) is 11.8 Å². The number of halogens is 4. The number of hydrogen-bond donors (Lipinski definition) is 0. The molecule has 0 N–H and O–H groups in total. The first-order chi connectivity index (χ1) is 13.3. The van der Waals surface area contributed by atoms with Crippen LogP contribution in [-0.4, -0.2) is 16.0 Å². The van der Waals surface area contributed by atoms with E-state index >= 15 is 0 Å². The van der Waals surface area contributed by atoms with Gasteiger partial charge in [-0.25, -0.2) is 4.57 Å². The van der Waals surface area contributed by atoms with Gasteiger partial charge in [0.15, 0.2) is 5.69 Å². The minimum atomic E-state index is -4.47. The molecule has 1 heterocycles. The quantitative estimate of drug-likeness (QED) is 0.598. The van der Waals surface area contributed by atoms with Crippen LogP contribution in [0, 0.1) is 11.3 Å². The summed E-state index contributed by atoms with van der Waals surface area (Å²) in [5, 5.41) is 13.8. The van der Waals surface area contributed by atoms with E-state index in [0.717, 1.165) is 6.08 Å². The molecule has 0 spiro atoms. The van der Waals surface area contributed by atoms with Crippen LogP contribution in [0.3, 0.4) is 0 Å². The Hall–Kier alpha value is -3.11. The lowest BCUT2D eigenvalue weighted by atomic mass is 9.97. The van der Waals surface area contributed by atoms with Crippen LogP contribution in [0.4, 0.5) is 13.2 Å². The zero-order valence-electron chi connectivity index (χ0n) is 14.7. The average molecular weight is 404 g/mol. The highest BCUT2D eigenvalue weighted by Gasteiger charge is 2.38. The van der Waals surface area contributed by atoms with Gasteiger partial charge in [-0.2, -0.15) is 18.4 Å². The van der Waals surface area contributed by atoms with Crippen molar-refractivity contribution in [2.75, 3.05) is 0 Å². The Morgan fingerprint density at radius 2 is 2.04 bits per heavy atom. The second kappa shape index (κ2) is 7.87. The van der Waals surface area contributed by atoms with Crippen LogP contribution in [0.5, 0.6) is 0 Å². The molecule has 1 atom stereocenters. The second-order valence-electron chi connectivity index (χ2n) is 6.18. The number of allylic oxidation sites excluding steroid dienone is 1. The van der Waals surface area contributed by atoms with Crippen molar-refractivity contribution in [2.24, 2.45) is 7.05 Å². The molecule has 8 heteroatoms. The van der Waals surface area contributed by atoms with E-state index < -0.39 is 12.1 Å². The molecule has 3 rings (SSSR count). The molecule has 0 aliphatic heterocycles. The van der Waals surface area contributed by atoms with E-state index in [-0.39, 0.29) is 10.6 Å². The number of aryl methyl sites for hydroxylation is 1. The molecule has 0 bridgehead atoms. The fourth-order valence-electron chi connectivity index (χ4n) is 2.76. The minimum Gasteiger partial charge on any atom is -0.240 e. The Labute approximate surface area is 164 Å². The molecule has 0 saturated carbocycles. The number of benzene rings is 2. The molecule has 0 aliphatic rings. The van der Waals surface area contributed by atoms with Gasteiger partial charge in [0, 0.05) is 10.1 Å². The number of hydrogen-bond acceptors (Lipinski definition) is 2. The average Bonchev–Trinajstić information content (AvgIpc) is 3.07. The number of nitriles is 1. The lowest BCUT2D eigenvalue weighted by Crippen LogP contribution is -2.23. The van der Waals surface area contributed by atoms with Gasteiger partial charge in [-0.15, -0.1) is 0 Å². The number of rotatable bonds is 4. The number of alkyl halides is 3. The Balaban J connectivity index is 1.95. The van der Waals surface area contributed by atoms with Gasteiger partial charge in [-0.05, 0) is 35.4 Å². The van der Waals surface area contributed by atoms with Crippen LogP contribution in [0.25, 0.3) is 11.8 Å². The highest BCUT2D eigenvalue weighted by atomic mass is 35.5. The van der Waals surface area contributed by atoms with E-state index in [9.17, 15) is 18.4 Å². The van der Waals surface area contributed by atoms with Crippen LogP contribution >= 0.6 is 11.6 Å². The molecule has 0 radical (unpaired) electrons. The lowest BCUT2D eigenvalue weighted by molar-refractivity contribution is -0.672. The zero-order valence-corrected chi connectivity index (χ0v) is 15.5. The van der Waals surface area contributed by atoms with E-state index in [4.69, 9.17) is 11.6 Å². The summed E-state index contributed by atoms with van der Waals surface area (Å²) in [7, 11) is 1.79. The van der Waals surface area contributed by atoms with Gasteiger partial charge in [0.2, 0.25) is 6.33 Å². The second-order valence-corrected chi connectivity index (χ2v) is 6.61. The van der Waals surface area contributed by atoms with Crippen molar-refractivity contribution < 1.29 is 17.7 Å². The molecule has 1 aromatic heterocycles. The number of nitrogens with zero attached hydrogens (tertiary/aromatic N) is 4.